The lowest BCUT2D eigenvalue weighted by molar-refractivity contribution is 0.561. The lowest BCUT2D eigenvalue weighted by atomic mass is 10.3. The van der Waals surface area contributed by atoms with Crippen molar-refractivity contribution in [2.75, 3.05) is 5.75 Å². The van der Waals surface area contributed by atoms with Gasteiger partial charge in [0.05, 0.1) is 4.75 Å². The molecular weight excluding hydrogens is 148 g/mol. The molecule has 0 heterocycles. The molecular formula is C7H18O2S. The van der Waals surface area contributed by atoms with E-state index in [9.17, 15) is 8.42 Å². The van der Waals surface area contributed by atoms with Crippen LogP contribution in [0.25, 0.3) is 0 Å². The van der Waals surface area contributed by atoms with Crippen molar-refractivity contribution in [1.29, 1.82) is 0 Å². The van der Waals surface area contributed by atoms with Crippen molar-refractivity contribution in [1.82, 2.24) is 0 Å². The van der Waals surface area contributed by atoms with E-state index < -0.39 is 14.6 Å². The molecule has 0 aliphatic rings. The van der Waals surface area contributed by atoms with Gasteiger partial charge in [-0.15, -0.1) is 0 Å². The first-order valence-corrected chi connectivity index (χ1v) is 4.69. The Morgan fingerprint density at radius 3 is 1.50 bits per heavy atom. The van der Waals surface area contributed by atoms with E-state index in [0.717, 1.165) is 0 Å². The standard InChI is InChI=1S/C6H14O2S.CH4/c1-5-9(7,8)6(2,3)4;/h5H2,1-4H3;1H4. The maximum Gasteiger partial charge on any atom is 0.154 e. The molecule has 0 N–H and O–H groups in total. The van der Waals surface area contributed by atoms with Crippen LogP contribution in [0.4, 0.5) is 0 Å². The van der Waals surface area contributed by atoms with Crippen LogP contribution >= 0.6 is 0 Å². The average molecular weight is 166 g/mol. The second-order valence-corrected chi connectivity index (χ2v) is 6.05. The van der Waals surface area contributed by atoms with Crippen LogP contribution in [0.3, 0.4) is 0 Å². The van der Waals surface area contributed by atoms with Gasteiger partial charge in [0.2, 0.25) is 0 Å². The minimum absolute atomic E-state index is 0. The van der Waals surface area contributed by atoms with E-state index in [2.05, 4.69) is 0 Å². The molecule has 0 radical (unpaired) electrons. The zero-order valence-corrected chi connectivity index (χ0v) is 7.25. The summed E-state index contributed by atoms with van der Waals surface area (Å²) in [4.78, 5) is 0. The Balaban J connectivity index is 0. The second kappa shape index (κ2) is 3.37. The average Bonchev–Trinajstić information content (AvgIpc) is 1.64. The number of hydrogen-bond donors (Lipinski definition) is 0. The van der Waals surface area contributed by atoms with Crippen molar-refractivity contribution in [3.63, 3.8) is 0 Å². The summed E-state index contributed by atoms with van der Waals surface area (Å²) >= 11 is 0. The highest BCUT2D eigenvalue weighted by atomic mass is 32.2. The Hall–Kier alpha value is -0.0500. The van der Waals surface area contributed by atoms with Crippen LogP contribution in [-0.2, 0) is 9.84 Å². The van der Waals surface area contributed by atoms with Crippen LogP contribution in [0.15, 0.2) is 0 Å². The molecule has 0 aromatic heterocycles. The lowest BCUT2D eigenvalue weighted by Gasteiger charge is -2.16. The van der Waals surface area contributed by atoms with Crippen LogP contribution < -0.4 is 0 Å². The van der Waals surface area contributed by atoms with Crippen LogP contribution in [0.2, 0.25) is 0 Å². The predicted octanol–water partition coefficient (Wildman–Crippen LogP) is 1.86. The third-order valence-corrected chi connectivity index (χ3v) is 3.94. The number of hydrogen-bond acceptors (Lipinski definition) is 2. The predicted molar refractivity (Wildman–Crippen MR) is 45.9 cm³/mol. The molecule has 0 atom stereocenters. The fraction of sp³-hybridized carbons (Fsp3) is 1.00. The maximum atomic E-state index is 11.0. The van der Waals surface area contributed by atoms with E-state index in [-0.39, 0.29) is 13.2 Å². The molecule has 0 aromatic carbocycles. The summed E-state index contributed by atoms with van der Waals surface area (Å²) in [5.41, 5.74) is 0. The monoisotopic (exact) mass is 166 g/mol. The first-order valence-electron chi connectivity index (χ1n) is 3.03. The summed E-state index contributed by atoms with van der Waals surface area (Å²) in [7, 11) is -2.84. The Labute approximate surface area is 64.6 Å². The van der Waals surface area contributed by atoms with Gasteiger partial charge in [0.15, 0.2) is 9.84 Å². The quantitative estimate of drug-likeness (QED) is 0.596. The Kier molecular flexibility index (Phi) is 4.25. The summed E-state index contributed by atoms with van der Waals surface area (Å²) in [5.74, 6) is 0.233. The summed E-state index contributed by atoms with van der Waals surface area (Å²) in [5, 5.41) is 0. The van der Waals surface area contributed by atoms with Crippen molar-refractivity contribution in [3.05, 3.63) is 0 Å². The molecule has 0 saturated heterocycles. The fourth-order valence-electron chi connectivity index (χ4n) is 0.433. The number of rotatable bonds is 1. The molecule has 2 nitrogen and oxygen atoms in total. The van der Waals surface area contributed by atoms with Gasteiger partial charge in [-0.25, -0.2) is 8.42 Å². The number of sulfone groups is 1. The molecule has 0 fully saturated rings. The molecule has 10 heavy (non-hydrogen) atoms. The first kappa shape index (κ1) is 12.6. The third kappa shape index (κ3) is 2.69. The zero-order chi connectivity index (χ0) is 7.71. The van der Waals surface area contributed by atoms with Crippen molar-refractivity contribution in [3.8, 4) is 0 Å². The van der Waals surface area contributed by atoms with Gasteiger partial charge in [-0.2, -0.15) is 0 Å². The highest BCUT2D eigenvalue weighted by molar-refractivity contribution is 7.92. The summed E-state index contributed by atoms with van der Waals surface area (Å²) in [6, 6.07) is 0. The van der Waals surface area contributed by atoms with E-state index in [1.807, 2.05) is 0 Å². The topological polar surface area (TPSA) is 34.1 Å². The van der Waals surface area contributed by atoms with Gasteiger partial charge in [0.1, 0.15) is 0 Å². The van der Waals surface area contributed by atoms with Crippen molar-refractivity contribution in [2.24, 2.45) is 0 Å². The van der Waals surface area contributed by atoms with Crippen molar-refractivity contribution >= 4 is 9.84 Å². The normalized spacial score (nSPS) is 12.4. The zero-order valence-electron chi connectivity index (χ0n) is 6.43. The molecule has 0 aromatic rings. The fourth-order valence-corrected chi connectivity index (χ4v) is 1.30. The van der Waals surface area contributed by atoms with Gasteiger partial charge in [0, 0.05) is 5.75 Å². The van der Waals surface area contributed by atoms with Crippen molar-refractivity contribution < 1.29 is 8.42 Å². The van der Waals surface area contributed by atoms with Gasteiger partial charge in [-0.05, 0) is 20.8 Å². The van der Waals surface area contributed by atoms with E-state index in [1.54, 1.807) is 27.7 Å². The van der Waals surface area contributed by atoms with Crippen LogP contribution in [0, 0.1) is 0 Å². The smallest absolute Gasteiger partial charge is 0.154 e. The molecule has 0 rings (SSSR count). The molecule has 0 aliphatic heterocycles. The molecule has 0 amide bonds. The Morgan fingerprint density at radius 2 is 1.50 bits per heavy atom. The van der Waals surface area contributed by atoms with Gasteiger partial charge >= 0.3 is 0 Å². The minimum atomic E-state index is -2.84. The van der Waals surface area contributed by atoms with E-state index in [0.29, 0.717) is 0 Å². The second-order valence-electron chi connectivity index (χ2n) is 3.02. The van der Waals surface area contributed by atoms with Gasteiger partial charge in [-0.3, -0.25) is 0 Å². The summed E-state index contributed by atoms with van der Waals surface area (Å²) < 4.78 is 21.5. The summed E-state index contributed by atoms with van der Waals surface area (Å²) in [6.45, 7) is 6.81. The molecule has 0 aliphatic carbocycles. The molecule has 0 saturated carbocycles. The van der Waals surface area contributed by atoms with Gasteiger partial charge < -0.3 is 0 Å². The highest BCUT2D eigenvalue weighted by Gasteiger charge is 2.26. The van der Waals surface area contributed by atoms with Crippen LogP contribution in [-0.4, -0.2) is 18.9 Å². The van der Waals surface area contributed by atoms with Crippen LogP contribution in [0.1, 0.15) is 35.1 Å². The largest absolute Gasteiger partial charge is 0.228 e. The maximum absolute atomic E-state index is 11.0. The molecule has 0 bridgehead atoms. The van der Waals surface area contributed by atoms with Gasteiger partial charge in [0.25, 0.3) is 0 Å². The summed E-state index contributed by atoms with van der Waals surface area (Å²) in [6.07, 6.45) is 0. The van der Waals surface area contributed by atoms with Crippen LogP contribution in [0.5, 0.6) is 0 Å². The highest BCUT2D eigenvalue weighted by Crippen LogP contribution is 2.14. The van der Waals surface area contributed by atoms with Crippen molar-refractivity contribution in [2.45, 2.75) is 39.9 Å². The molecule has 0 spiro atoms. The minimum Gasteiger partial charge on any atom is -0.228 e. The lowest BCUT2D eigenvalue weighted by Crippen LogP contribution is -2.29. The Bertz CT molecular complexity index is 172. The van der Waals surface area contributed by atoms with E-state index in [1.165, 1.54) is 0 Å². The van der Waals surface area contributed by atoms with Gasteiger partial charge in [-0.1, -0.05) is 14.4 Å². The molecule has 3 heteroatoms. The third-order valence-electron chi connectivity index (χ3n) is 1.31. The first-order chi connectivity index (χ1) is 3.81. The molecule has 64 valence electrons. The SMILES string of the molecule is C.CCS(=O)(=O)C(C)(C)C. The molecule has 0 unspecified atom stereocenters. The Morgan fingerprint density at radius 1 is 1.20 bits per heavy atom. The van der Waals surface area contributed by atoms with E-state index >= 15 is 0 Å². The van der Waals surface area contributed by atoms with E-state index in [4.69, 9.17) is 0 Å².